The second-order valence-corrected chi connectivity index (χ2v) is 9.58. The lowest BCUT2D eigenvalue weighted by Gasteiger charge is -2.28. The van der Waals surface area contributed by atoms with E-state index in [1.807, 2.05) is 11.4 Å². The molecule has 1 aliphatic rings. The first-order chi connectivity index (χ1) is 13.4. The van der Waals surface area contributed by atoms with Gasteiger partial charge in [0, 0.05) is 16.8 Å². The van der Waals surface area contributed by atoms with E-state index >= 15 is 0 Å². The van der Waals surface area contributed by atoms with Crippen LogP contribution >= 0.6 is 11.3 Å². The summed E-state index contributed by atoms with van der Waals surface area (Å²) in [6.45, 7) is 0.0712. The van der Waals surface area contributed by atoms with Crippen molar-refractivity contribution < 1.29 is 22.3 Å². The molecule has 0 unspecified atom stereocenters. The van der Waals surface area contributed by atoms with Gasteiger partial charge in [0.05, 0.1) is 18.6 Å². The van der Waals surface area contributed by atoms with Crippen molar-refractivity contribution in [2.45, 2.75) is 36.0 Å². The molecule has 0 spiro atoms. The van der Waals surface area contributed by atoms with Crippen LogP contribution in [0.3, 0.4) is 0 Å². The maximum Gasteiger partial charge on any atom is 0.241 e. The molecule has 0 saturated heterocycles. The summed E-state index contributed by atoms with van der Waals surface area (Å²) >= 11 is 1.68. The molecule has 152 valence electrons. The maximum absolute atomic E-state index is 13.8. The van der Waals surface area contributed by atoms with Gasteiger partial charge in [0.2, 0.25) is 15.9 Å². The van der Waals surface area contributed by atoms with Gasteiger partial charge in [-0.25, -0.2) is 17.5 Å². The van der Waals surface area contributed by atoms with E-state index in [4.69, 9.17) is 4.74 Å². The molecule has 1 fully saturated rings. The fourth-order valence-electron chi connectivity index (χ4n) is 3.53. The lowest BCUT2D eigenvalue weighted by atomic mass is 9.84. The highest BCUT2D eigenvalue weighted by Gasteiger charge is 2.36. The molecule has 1 saturated carbocycles. The van der Waals surface area contributed by atoms with E-state index in [-0.39, 0.29) is 16.1 Å². The predicted octanol–water partition coefficient (Wildman–Crippen LogP) is 2.80. The Bertz CT molecular complexity index is 923. The maximum atomic E-state index is 13.8. The summed E-state index contributed by atoms with van der Waals surface area (Å²) in [7, 11) is -2.71. The van der Waals surface area contributed by atoms with Gasteiger partial charge in [-0.1, -0.05) is 18.9 Å². The van der Waals surface area contributed by atoms with E-state index in [1.54, 1.807) is 11.3 Å². The third-order valence-corrected chi connectivity index (χ3v) is 7.60. The fraction of sp³-hybridized carbons (Fsp3) is 0.421. The normalized spacial score (nSPS) is 16.1. The van der Waals surface area contributed by atoms with Crippen molar-refractivity contribution >= 4 is 27.3 Å². The minimum Gasteiger partial charge on any atom is -0.494 e. The number of benzene rings is 1. The van der Waals surface area contributed by atoms with Crippen molar-refractivity contribution in [1.29, 1.82) is 0 Å². The molecule has 0 aliphatic heterocycles. The van der Waals surface area contributed by atoms with Gasteiger partial charge in [0.25, 0.3) is 0 Å². The van der Waals surface area contributed by atoms with E-state index in [9.17, 15) is 17.6 Å². The molecule has 3 rings (SSSR count). The molecular weight excluding hydrogens is 403 g/mol. The smallest absolute Gasteiger partial charge is 0.241 e. The molecular formula is C19H23FN2O4S2. The summed E-state index contributed by atoms with van der Waals surface area (Å²) in [6, 6.07) is 7.41. The van der Waals surface area contributed by atoms with Crippen LogP contribution in [-0.2, 0) is 20.2 Å². The van der Waals surface area contributed by atoms with E-state index in [1.165, 1.54) is 24.1 Å². The van der Waals surface area contributed by atoms with Gasteiger partial charge >= 0.3 is 0 Å². The molecule has 1 aromatic carbocycles. The third-order valence-electron chi connectivity index (χ3n) is 5.08. The number of methoxy groups -OCH3 is 1. The Labute approximate surface area is 168 Å². The van der Waals surface area contributed by atoms with Crippen molar-refractivity contribution in [2.24, 2.45) is 0 Å². The minimum atomic E-state index is -4.00. The van der Waals surface area contributed by atoms with Gasteiger partial charge in [0.1, 0.15) is 0 Å². The Kier molecular flexibility index (Phi) is 6.36. The number of nitrogens with one attached hydrogen (secondary N) is 2. The van der Waals surface area contributed by atoms with Crippen LogP contribution in [0.1, 0.15) is 30.6 Å². The largest absolute Gasteiger partial charge is 0.494 e. The molecule has 28 heavy (non-hydrogen) atoms. The molecule has 1 heterocycles. The lowest BCUT2D eigenvalue weighted by Crippen LogP contribution is -2.43. The summed E-state index contributed by atoms with van der Waals surface area (Å²) in [5.74, 6) is -1.25. The number of halogens is 1. The SMILES string of the molecule is COc1ccc(S(=O)(=O)NCC(=O)NCC2(c3cccs3)CCCC2)cc1F. The predicted molar refractivity (Wildman–Crippen MR) is 106 cm³/mol. The van der Waals surface area contributed by atoms with Gasteiger partial charge in [-0.3, -0.25) is 4.79 Å². The Hall–Kier alpha value is -1.97. The van der Waals surface area contributed by atoms with Crippen LogP contribution in [0.25, 0.3) is 0 Å². The summed E-state index contributed by atoms with van der Waals surface area (Å²) in [6.07, 6.45) is 4.24. The average molecular weight is 427 g/mol. The second kappa shape index (κ2) is 8.59. The van der Waals surface area contributed by atoms with E-state index in [0.29, 0.717) is 6.54 Å². The summed E-state index contributed by atoms with van der Waals surface area (Å²) in [5, 5.41) is 4.88. The molecule has 0 atom stereocenters. The summed E-state index contributed by atoms with van der Waals surface area (Å²) in [5.41, 5.74) is -0.0676. The quantitative estimate of drug-likeness (QED) is 0.680. The molecule has 6 nitrogen and oxygen atoms in total. The Morgan fingerprint density at radius 2 is 2.04 bits per heavy atom. The van der Waals surface area contributed by atoms with Crippen molar-refractivity contribution in [1.82, 2.24) is 10.0 Å². The van der Waals surface area contributed by atoms with Gasteiger partial charge in [-0.2, -0.15) is 0 Å². The van der Waals surface area contributed by atoms with Crippen molar-refractivity contribution in [3.05, 3.63) is 46.4 Å². The second-order valence-electron chi connectivity index (χ2n) is 6.86. The number of amides is 1. The molecule has 0 bridgehead atoms. The summed E-state index contributed by atoms with van der Waals surface area (Å²) < 4.78 is 45.4. The molecule has 1 aliphatic carbocycles. The minimum absolute atomic E-state index is 0.0490. The zero-order valence-corrected chi connectivity index (χ0v) is 17.2. The number of hydrogen-bond donors (Lipinski definition) is 2. The van der Waals surface area contributed by atoms with Crippen LogP contribution in [-0.4, -0.2) is 34.5 Å². The zero-order chi connectivity index (χ0) is 20.2. The van der Waals surface area contributed by atoms with Crippen LogP contribution in [0.4, 0.5) is 4.39 Å². The third kappa shape index (κ3) is 4.53. The highest BCUT2D eigenvalue weighted by atomic mass is 32.2. The van der Waals surface area contributed by atoms with Crippen LogP contribution in [0.5, 0.6) is 5.75 Å². The van der Waals surface area contributed by atoms with Crippen LogP contribution in [0, 0.1) is 5.82 Å². The Morgan fingerprint density at radius 1 is 1.29 bits per heavy atom. The first kappa shape index (κ1) is 20.8. The topological polar surface area (TPSA) is 84.5 Å². The Balaban J connectivity index is 1.58. The Morgan fingerprint density at radius 3 is 2.64 bits per heavy atom. The van der Waals surface area contributed by atoms with Gasteiger partial charge in [0.15, 0.2) is 11.6 Å². The lowest BCUT2D eigenvalue weighted by molar-refractivity contribution is -0.120. The van der Waals surface area contributed by atoms with Crippen LogP contribution in [0.15, 0.2) is 40.6 Å². The first-order valence-corrected chi connectivity index (χ1v) is 11.4. The number of ether oxygens (including phenoxy) is 1. The van der Waals surface area contributed by atoms with E-state index in [0.717, 1.165) is 31.7 Å². The standard InChI is InChI=1S/C19H23FN2O4S2/c1-26-16-7-6-14(11-15(16)20)28(24,25)22-12-18(23)21-13-19(8-2-3-9-19)17-5-4-10-27-17/h4-7,10-11,22H,2-3,8-9,12-13H2,1H3,(H,21,23). The highest BCUT2D eigenvalue weighted by molar-refractivity contribution is 7.89. The van der Waals surface area contributed by atoms with E-state index in [2.05, 4.69) is 16.1 Å². The highest BCUT2D eigenvalue weighted by Crippen LogP contribution is 2.42. The number of thiophene rings is 1. The number of carbonyl (C=O) groups excluding carboxylic acids is 1. The van der Waals surface area contributed by atoms with Gasteiger partial charge in [-0.15, -0.1) is 11.3 Å². The fourth-order valence-corrected chi connectivity index (χ4v) is 5.51. The molecule has 2 aromatic rings. The van der Waals surface area contributed by atoms with Crippen LogP contribution < -0.4 is 14.8 Å². The molecule has 9 heteroatoms. The van der Waals surface area contributed by atoms with Crippen molar-refractivity contribution in [3.63, 3.8) is 0 Å². The van der Waals surface area contributed by atoms with E-state index < -0.39 is 28.3 Å². The number of carbonyl (C=O) groups is 1. The van der Waals surface area contributed by atoms with Crippen molar-refractivity contribution in [2.75, 3.05) is 20.2 Å². The van der Waals surface area contributed by atoms with Gasteiger partial charge < -0.3 is 10.1 Å². The molecule has 0 radical (unpaired) electrons. The zero-order valence-electron chi connectivity index (χ0n) is 15.5. The average Bonchev–Trinajstić information content (AvgIpc) is 3.37. The summed E-state index contributed by atoms with van der Waals surface area (Å²) in [4.78, 5) is 13.2. The molecule has 1 amide bonds. The number of hydrogen-bond acceptors (Lipinski definition) is 5. The van der Waals surface area contributed by atoms with Crippen LogP contribution in [0.2, 0.25) is 0 Å². The first-order valence-electron chi connectivity index (χ1n) is 9.00. The molecule has 1 aromatic heterocycles. The monoisotopic (exact) mass is 426 g/mol. The number of sulfonamides is 1. The van der Waals surface area contributed by atoms with Gasteiger partial charge in [-0.05, 0) is 42.5 Å². The van der Waals surface area contributed by atoms with Crippen molar-refractivity contribution in [3.8, 4) is 5.75 Å². The molecule has 2 N–H and O–H groups in total. The number of rotatable bonds is 8.